The summed E-state index contributed by atoms with van der Waals surface area (Å²) in [7, 11) is 1.78. The summed E-state index contributed by atoms with van der Waals surface area (Å²) in [5.41, 5.74) is 1.94. The summed E-state index contributed by atoms with van der Waals surface area (Å²) in [5.74, 6) is 0. The van der Waals surface area contributed by atoms with Crippen molar-refractivity contribution in [2.45, 2.75) is 19.6 Å². The van der Waals surface area contributed by atoms with Gasteiger partial charge in [-0.15, -0.1) is 0 Å². The monoisotopic (exact) mass is 276 g/mol. The third-order valence-electron chi connectivity index (χ3n) is 3.09. The second-order valence-corrected chi connectivity index (χ2v) is 4.67. The molecule has 1 aromatic heterocycles. The van der Waals surface area contributed by atoms with Gasteiger partial charge in [0.25, 0.3) is 5.69 Å². The molecule has 0 aliphatic heterocycles. The average molecular weight is 276 g/mol. The maximum atomic E-state index is 11.2. The first-order valence-electron chi connectivity index (χ1n) is 6.17. The first-order valence-corrected chi connectivity index (χ1v) is 6.17. The molecular formula is C14H16N2O4. The molecule has 0 fully saturated rings. The summed E-state index contributed by atoms with van der Waals surface area (Å²) >= 11 is 0. The fraction of sp³-hybridized carbons (Fsp3) is 0.286. The van der Waals surface area contributed by atoms with Crippen LogP contribution >= 0.6 is 0 Å². The van der Waals surface area contributed by atoms with Gasteiger partial charge in [0, 0.05) is 25.2 Å². The Morgan fingerprint density at radius 3 is 2.75 bits per heavy atom. The number of rotatable bonds is 5. The highest BCUT2D eigenvalue weighted by Gasteiger charge is 2.19. The van der Waals surface area contributed by atoms with Gasteiger partial charge in [-0.25, -0.2) is 0 Å². The Bertz CT molecular complexity index is 593. The fourth-order valence-electron chi connectivity index (χ4n) is 2.01. The van der Waals surface area contributed by atoms with Crippen LogP contribution in [0.15, 0.2) is 41.2 Å². The number of nitro benzene ring substituents is 1. The number of aliphatic hydroxyl groups is 1. The molecule has 0 saturated carbocycles. The predicted octanol–water partition coefficient (Wildman–Crippen LogP) is 2.88. The van der Waals surface area contributed by atoms with Crippen LogP contribution in [0.3, 0.4) is 0 Å². The molecule has 0 saturated heterocycles. The zero-order chi connectivity index (χ0) is 14.7. The molecule has 6 nitrogen and oxygen atoms in total. The summed E-state index contributed by atoms with van der Waals surface area (Å²) in [5, 5.41) is 20.7. The van der Waals surface area contributed by atoms with Crippen LogP contribution in [0.4, 0.5) is 11.4 Å². The summed E-state index contributed by atoms with van der Waals surface area (Å²) in [4.78, 5) is 12.5. The zero-order valence-corrected chi connectivity index (χ0v) is 11.3. The lowest BCUT2D eigenvalue weighted by Gasteiger charge is -2.19. The smallest absolute Gasteiger partial charge is 0.292 e. The SMILES string of the molecule is C[C@@H](O)c1ccc(N(C)Cc2ccoc2)c([N+](=O)[O-])c1. The van der Waals surface area contributed by atoms with E-state index in [1.54, 1.807) is 43.5 Å². The van der Waals surface area contributed by atoms with Gasteiger partial charge in [-0.1, -0.05) is 6.07 Å². The van der Waals surface area contributed by atoms with Crippen LogP contribution in [-0.2, 0) is 6.54 Å². The van der Waals surface area contributed by atoms with Crippen molar-refractivity contribution in [1.82, 2.24) is 0 Å². The number of hydrogen-bond acceptors (Lipinski definition) is 5. The molecular weight excluding hydrogens is 260 g/mol. The lowest BCUT2D eigenvalue weighted by atomic mass is 10.1. The van der Waals surface area contributed by atoms with E-state index < -0.39 is 11.0 Å². The highest BCUT2D eigenvalue weighted by Crippen LogP contribution is 2.31. The summed E-state index contributed by atoms with van der Waals surface area (Å²) in [6.45, 7) is 2.08. The molecule has 1 heterocycles. The average Bonchev–Trinajstić information content (AvgIpc) is 2.90. The summed E-state index contributed by atoms with van der Waals surface area (Å²) in [6, 6.07) is 6.57. The molecule has 106 valence electrons. The molecule has 1 aromatic carbocycles. The number of hydrogen-bond donors (Lipinski definition) is 1. The Morgan fingerprint density at radius 2 is 2.20 bits per heavy atom. The number of furan rings is 1. The van der Waals surface area contributed by atoms with Gasteiger partial charge in [0.2, 0.25) is 0 Å². The van der Waals surface area contributed by atoms with Crippen LogP contribution in [0.25, 0.3) is 0 Å². The minimum absolute atomic E-state index is 0.0191. The predicted molar refractivity (Wildman–Crippen MR) is 74.5 cm³/mol. The molecule has 0 aliphatic carbocycles. The third kappa shape index (κ3) is 2.97. The van der Waals surface area contributed by atoms with E-state index >= 15 is 0 Å². The second-order valence-electron chi connectivity index (χ2n) is 4.67. The van der Waals surface area contributed by atoms with Crippen molar-refractivity contribution < 1.29 is 14.4 Å². The minimum atomic E-state index is -0.734. The van der Waals surface area contributed by atoms with Gasteiger partial charge < -0.3 is 14.4 Å². The van der Waals surface area contributed by atoms with E-state index in [9.17, 15) is 15.2 Å². The molecule has 0 aliphatic rings. The van der Waals surface area contributed by atoms with E-state index in [-0.39, 0.29) is 5.69 Å². The molecule has 1 N–H and O–H groups in total. The maximum Gasteiger partial charge on any atom is 0.292 e. The molecule has 0 amide bonds. The van der Waals surface area contributed by atoms with Gasteiger partial charge in [-0.05, 0) is 24.6 Å². The van der Waals surface area contributed by atoms with E-state index in [0.717, 1.165) is 5.56 Å². The molecule has 6 heteroatoms. The topological polar surface area (TPSA) is 79.8 Å². The van der Waals surface area contributed by atoms with Gasteiger partial charge in [0.1, 0.15) is 5.69 Å². The van der Waals surface area contributed by atoms with Crippen LogP contribution in [0.1, 0.15) is 24.2 Å². The summed E-state index contributed by atoms with van der Waals surface area (Å²) in [6.07, 6.45) is 2.43. The molecule has 2 rings (SSSR count). The van der Waals surface area contributed by atoms with E-state index in [1.165, 1.54) is 6.07 Å². The van der Waals surface area contributed by atoms with Crippen molar-refractivity contribution >= 4 is 11.4 Å². The molecule has 2 aromatic rings. The van der Waals surface area contributed by atoms with Crippen LogP contribution < -0.4 is 4.90 Å². The summed E-state index contributed by atoms with van der Waals surface area (Å²) < 4.78 is 4.99. The van der Waals surface area contributed by atoms with Gasteiger partial charge >= 0.3 is 0 Å². The Balaban J connectivity index is 2.32. The van der Waals surface area contributed by atoms with Crippen molar-refractivity contribution in [3.8, 4) is 0 Å². The Morgan fingerprint density at radius 1 is 1.45 bits per heavy atom. The normalized spacial score (nSPS) is 12.2. The number of benzene rings is 1. The van der Waals surface area contributed by atoms with Crippen molar-refractivity contribution in [1.29, 1.82) is 0 Å². The highest BCUT2D eigenvalue weighted by molar-refractivity contribution is 5.64. The van der Waals surface area contributed by atoms with Gasteiger partial charge in [-0.3, -0.25) is 10.1 Å². The van der Waals surface area contributed by atoms with Crippen LogP contribution in [0.5, 0.6) is 0 Å². The molecule has 1 atom stereocenters. The quantitative estimate of drug-likeness (QED) is 0.671. The third-order valence-corrected chi connectivity index (χ3v) is 3.09. The lowest BCUT2D eigenvalue weighted by molar-refractivity contribution is -0.384. The number of nitrogens with zero attached hydrogens (tertiary/aromatic N) is 2. The first kappa shape index (κ1) is 14.1. The standard InChI is InChI=1S/C14H16N2O4/c1-10(17)12-3-4-13(14(7-12)16(18)19)15(2)8-11-5-6-20-9-11/h3-7,9-10,17H,8H2,1-2H3/t10-/m1/s1. The zero-order valence-electron chi connectivity index (χ0n) is 11.3. The van der Waals surface area contributed by atoms with E-state index in [0.29, 0.717) is 17.8 Å². The molecule has 0 spiro atoms. The number of nitro groups is 1. The highest BCUT2D eigenvalue weighted by atomic mass is 16.6. The first-order chi connectivity index (χ1) is 9.49. The van der Waals surface area contributed by atoms with Crippen molar-refractivity contribution in [3.63, 3.8) is 0 Å². The second kappa shape index (κ2) is 5.75. The van der Waals surface area contributed by atoms with Gasteiger partial charge in [0.15, 0.2) is 0 Å². The molecule has 0 radical (unpaired) electrons. The van der Waals surface area contributed by atoms with Crippen LogP contribution in [0, 0.1) is 10.1 Å². The Hall–Kier alpha value is -2.34. The molecule has 20 heavy (non-hydrogen) atoms. The van der Waals surface area contributed by atoms with E-state index in [4.69, 9.17) is 4.42 Å². The molecule has 0 unspecified atom stereocenters. The maximum absolute atomic E-state index is 11.2. The van der Waals surface area contributed by atoms with Crippen molar-refractivity contribution in [2.24, 2.45) is 0 Å². The van der Waals surface area contributed by atoms with Crippen LogP contribution in [-0.4, -0.2) is 17.1 Å². The van der Waals surface area contributed by atoms with E-state index in [1.807, 2.05) is 6.07 Å². The van der Waals surface area contributed by atoms with Crippen LogP contribution in [0.2, 0.25) is 0 Å². The van der Waals surface area contributed by atoms with E-state index in [2.05, 4.69) is 0 Å². The Kier molecular flexibility index (Phi) is 4.05. The minimum Gasteiger partial charge on any atom is -0.472 e. The number of aliphatic hydroxyl groups excluding tert-OH is 1. The Labute approximate surface area is 116 Å². The lowest BCUT2D eigenvalue weighted by Crippen LogP contribution is -2.17. The molecule has 0 bridgehead atoms. The fourth-order valence-corrected chi connectivity index (χ4v) is 2.01. The van der Waals surface area contributed by atoms with Crippen molar-refractivity contribution in [3.05, 3.63) is 58.0 Å². The van der Waals surface area contributed by atoms with Gasteiger partial charge in [0.05, 0.1) is 23.6 Å². The van der Waals surface area contributed by atoms with Crippen molar-refractivity contribution in [2.75, 3.05) is 11.9 Å². The number of anilines is 1. The largest absolute Gasteiger partial charge is 0.472 e. The van der Waals surface area contributed by atoms with Gasteiger partial charge in [-0.2, -0.15) is 0 Å².